The zero-order chi connectivity index (χ0) is 25.8. The van der Waals surface area contributed by atoms with Gasteiger partial charge in [-0.05, 0) is 63.1 Å². The average molecular weight is 498 g/mol. The van der Waals surface area contributed by atoms with E-state index in [0.717, 1.165) is 29.7 Å². The molecular weight excluding hydrogens is 462 g/mol. The number of nitrogens with two attached hydrogens (primary N) is 1. The fraction of sp³-hybridized carbons (Fsp3) is 0.538. The van der Waals surface area contributed by atoms with E-state index in [2.05, 4.69) is 15.8 Å². The highest BCUT2D eigenvalue weighted by Gasteiger charge is 2.31. The summed E-state index contributed by atoms with van der Waals surface area (Å²) in [7, 11) is 0. The van der Waals surface area contributed by atoms with Crippen molar-refractivity contribution in [2.45, 2.75) is 64.0 Å². The van der Waals surface area contributed by atoms with E-state index in [1.165, 1.54) is 0 Å². The summed E-state index contributed by atoms with van der Waals surface area (Å²) in [5, 5.41) is 19.5. The number of rotatable bonds is 9. The average Bonchev–Trinajstić information content (AvgIpc) is 3.59. The Morgan fingerprint density at radius 3 is 2.56 bits per heavy atom. The lowest BCUT2D eigenvalue weighted by Gasteiger charge is -2.34. The van der Waals surface area contributed by atoms with Gasteiger partial charge in [-0.15, -0.1) is 0 Å². The van der Waals surface area contributed by atoms with E-state index < -0.39 is 12.0 Å². The van der Waals surface area contributed by atoms with Crippen LogP contribution in [0.2, 0.25) is 0 Å². The second kappa shape index (κ2) is 11.1. The molecule has 1 aromatic heterocycles. The molecule has 0 unspecified atom stereocenters. The van der Waals surface area contributed by atoms with Crippen LogP contribution in [0, 0.1) is 12.8 Å². The number of nitrogens with one attached hydrogen (secondary N) is 2. The number of likely N-dealkylation sites (tertiary alicyclic amines) is 1. The number of amides is 3. The number of aryl methyl sites for hydroxylation is 1. The second-order valence-electron chi connectivity index (χ2n) is 10.0. The number of benzene rings is 1. The van der Waals surface area contributed by atoms with Crippen molar-refractivity contribution in [1.29, 1.82) is 0 Å². The van der Waals surface area contributed by atoms with Gasteiger partial charge in [0.1, 0.15) is 11.5 Å². The molecule has 2 heterocycles. The predicted octanol–water partition coefficient (Wildman–Crippen LogP) is 1.61. The molecule has 10 nitrogen and oxygen atoms in total. The largest absolute Gasteiger partial charge is 0.508 e. The number of carbonyl (C=O) groups excluding carboxylic acids is 3. The van der Waals surface area contributed by atoms with Crippen LogP contribution in [0.3, 0.4) is 0 Å². The van der Waals surface area contributed by atoms with Crippen LogP contribution in [0.5, 0.6) is 5.75 Å². The van der Waals surface area contributed by atoms with Gasteiger partial charge in [-0.1, -0.05) is 17.3 Å². The minimum Gasteiger partial charge on any atom is -0.508 e. The Hall–Kier alpha value is -3.40. The maximum atomic E-state index is 13.4. The van der Waals surface area contributed by atoms with E-state index in [1.54, 1.807) is 36.9 Å². The first kappa shape index (κ1) is 25.7. The van der Waals surface area contributed by atoms with Gasteiger partial charge < -0.3 is 30.9 Å². The zero-order valence-electron chi connectivity index (χ0n) is 20.8. The van der Waals surface area contributed by atoms with Gasteiger partial charge in [-0.25, -0.2) is 0 Å². The molecule has 194 valence electrons. The van der Waals surface area contributed by atoms with Crippen LogP contribution in [0.25, 0.3) is 0 Å². The lowest BCUT2D eigenvalue weighted by Crippen LogP contribution is -2.50. The molecular formula is C26H35N5O5. The summed E-state index contributed by atoms with van der Waals surface area (Å²) >= 11 is 0. The number of carbonyl (C=O) groups is 3. The molecule has 36 heavy (non-hydrogen) atoms. The minimum atomic E-state index is -0.666. The summed E-state index contributed by atoms with van der Waals surface area (Å²) in [5.41, 5.74) is 7.59. The first-order valence-electron chi connectivity index (χ1n) is 12.6. The summed E-state index contributed by atoms with van der Waals surface area (Å²) in [5.74, 6) is 0.268. The lowest BCUT2D eigenvalue weighted by atomic mass is 9.94. The van der Waals surface area contributed by atoms with Gasteiger partial charge in [0, 0.05) is 37.7 Å². The first-order chi connectivity index (χ1) is 17.2. The fourth-order valence-electron chi connectivity index (χ4n) is 4.48. The SMILES string of the molecule is Cc1cc(C[C@@H](CNC(=O)[C@H](C)N)C(=O)N2CCC(NC(=O)c3cc(C4CC4)on3)CC2)ccc1O. The topological polar surface area (TPSA) is 151 Å². The zero-order valence-corrected chi connectivity index (χ0v) is 20.8. The Morgan fingerprint density at radius 1 is 1.19 bits per heavy atom. The van der Waals surface area contributed by atoms with Crippen LogP contribution in [-0.4, -0.2) is 64.6 Å². The molecule has 0 spiro atoms. The molecule has 1 saturated heterocycles. The molecule has 2 aromatic rings. The Morgan fingerprint density at radius 2 is 1.92 bits per heavy atom. The number of nitrogens with zero attached hydrogens (tertiary/aromatic N) is 2. The van der Waals surface area contributed by atoms with Gasteiger partial charge in [0.25, 0.3) is 5.91 Å². The Bertz CT molecular complexity index is 1100. The maximum Gasteiger partial charge on any atom is 0.273 e. The van der Waals surface area contributed by atoms with Crippen LogP contribution < -0.4 is 16.4 Å². The third kappa shape index (κ3) is 6.42. The fourth-order valence-corrected chi connectivity index (χ4v) is 4.48. The molecule has 4 rings (SSSR count). The monoisotopic (exact) mass is 497 g/mol. The van der Waals surface area contributed by atoms with Crippen molar-refractivity contribution in [2.24, 2.45) is 11.7 Å². The van der Waals surface area contributed by atoms with Crippen molar-refractivity contribution in [3.8, 4) is 5.75 Å². The molecule has 10 heteroatoms. The van der Waals surface area contributed by atoms with Crippen molar-refractivity contribution in [3.63, 3.8) is 0 Å². The summed E-state index contributed by atoms with van der Waals surface area (Å²) in [4.78, 5) is 39.9. The number of phenols is 1. The van der Waals surface area contributed by atoms with Gasteiger partial charge in [0.05, 0.1) is 12.0 Å². The van der Waals surface area contributed by atoms with Crippen LogP contribution in [-0.2, 0) is 16.0 Å². The number of hydrogen-bond donors (Lipinski definition) is 4. The van der Waals surface area contributed by atoms with Gasteiger partial charge in [-0.2, -0.15) is 0 Å². The van der Waals surface area contributed by atoms with Crippen LogP contribution in [0.1, 0.15) is 65.9 Å². The third-order valence-electron chi connectivity index (χ3n) is 6.91. The van der Waals surface area contributed by atoms with E-state index in [9.17, 15) is 19.5 Å². The van der Waals surface area contributed by atoms with Crippen molar-refractivity contribution >= 4 is 17.7 Å². The Balaban J connectivity index is 1.34. The molecule has 0 bridgehead atoms. The van der Waals surface area contributed by atoms with E-state index in [-0.39, 0.29) is 36.1 Å². The summed E-state index contributed by atoms with van der Waals surface area (Å²) in [6.07, 6.45) is 3.82. The Labute approximate surface area is 210 Å². The molecule has 0 radical (unpaired) electrons. The maximum absolute atomic E-state index is 13.4. The summed E-state index contributed by atoms with van der Waals surface area (Å²) in [6.45, 7) is 4.58. The quantitative estimate of drug-likeness (QED) is 0.411. The van der Waals surface area contributed by atoms with Gasteiger partial charge >= 0.3 is 0 Å². The number of phenolic OH excluding ortho intramolecular Hbond substituents is 1. The van der Waals surface area contributed by atoms with Crippen LogP contribution >= 0.6 is 0 Å². The van der Waals surface area contributed by atoms with Crippen molar-refractivity contribution in [3.05, 3.63) is 46.8 Å². The van der Waals surface area contributed by atoms with E-state index >= 15 is 0 Å². The van der Waals surface area contributed by atoms with Crippen LogP contribution in [0.4, 0.5) is 0 Å². The lowest BCUT2D eigenvalue weighted by molar-refractivity contribution is -0.136. The van der Waals surface area contributed by atoms with E-state index in [0.29, 0.717) is 44.0 Å². The Kier molecular flexibility index (Phi) is 7.93. The summed E-state index contributed by atoms with van der Waals surface area (Å²) in [6, 6.07) is 6.25. The standard InChI is InChI=1S/C26H35N5O5/c1-15-11-17(3-6-22(15)32)12-19(14-28-24(33)16(2)27)26(35)31-9-7-20(8-10-31)29-25(34)21-13-23(36-30-21)18-4-5-18/h3,6,11,13,16,18-20,32H,4-5,7-10,12,14,27H2,1-2H3,(H,28,33)(H,29,34)/t16-,19-/m0/s1. The molecule has 1 aromatic carbocycles. The number of piperidine rings is 1. The minimum absolute atomic E-state index is 0.0546. The van der Waals surface area contributed by atoms with E-state index in [4.69, 9.17) is 10.3 Å². The third-order valence-corrected chi connectivity index (χ3v) is 6.91. The molecule has 1 aliphatic carbocycles. The molecule has 1 saturated carbocycles. The number of aromatic nitrogens is 1. The van der Waals surface area contributed by atoms with E-state index in [1.807, 2.05) is 6.07 Å². The summed E-state index contributed by atoms with van der Waals surface area (Å²) < 4.78 is 5.28. The highest BCUT2D eigenvalue weighted by atomic mass is 16.5. The number of aromatic hydroxyl groups is 1. The molecule has 2 atom stereocenters. The normalized spacial score (nSPS) is 17.9. The highest BCUT2D eigenvalue weighted by Crippen LogP contribution is 2.40. The molecule has 1 aliphatic heterocycles. The predicted molar refractivity (Wildman–Crippen MR) is 132 cm³/mol. The molecule has 2 fully saturated rings. The number of hydrogen-bond acceptors (Lipinski definition) is 7. The van der Waals surface area contributed by atoms with Gasteiger partial charge in [0.15, 0.2) is 5.69 Å². The van der Waals surface area contributed by atoms with Crippen molar-refractivity contribution in [1.82, 2.24) is 20.7 Å². The molecule has 2 aliphatic rings. The van der Waals surface area contributed by atoms with Gasteiger partial charge in [0.2, 0.25) is 11.8 Å². The molecule has 3 amide bonds. The van der Waals surface area contributed by atoms with Crippen molar-refractivity contribution < 1.29 is 24.0 Å². The highest BCUT2D eigenvalue weighted by molar-refractivity contribution is 5.92. The first-order valence-corrected chi connectivity index (χ1v) is 12.6. The second-order valence-corrected chi connectivity index (χ2v) is 10.0. The smallest absolute Gasteiger partial charge is 0.273 e. The van der Waals surface area contributed by atoms with Crippen molar-refractivity contribution in [2.75, 3.05) is 19.6 Å². The van der Waals surface area contributed by atoms with Gasteiger partial charge in [-0.3, -0.25) is 14.4 Å². The molecule has 5 N–H and O–H groups in total. The van der Waals surface area contributed by atoms with Crippen LogP contribution in [0.15, 0.2) is 28.8 Å².